The van der Waals surface area contributed by atoms with Crippen molar-refractivity contribution in [3.8, 4) is 0 Å². The van der Waals surface area contributed by atoms with Gasteiger partial charge in [0.15, 0.2) is 0 Å². The molecule has 1 aromatic heterocycles. The van der Waals surface area contributed by atoms with Crippen LogP contribution >= 0.6 is 12.2 Å². The van der Waals surface area contributed by atoms with Gasteiger partial charge in [0.2, 0.25) is 0 Å². The monoisotopic (exact) mass is 260 g/mol. The normalized spacial score (nSPS) is 10.4. The number of hydrogen-bond acceptors (Lipinski definition) is 3. The zero-order chi connectivity index (χ0) is 13.3. The predicted octanol–water partition coefficient (Wildman–Crippen LogP) is 2.41. The standard InChI is InChI=1S/C13H16N4S/c1-8-6-10(4-5-11(8)13(14)18)15-12-7-17(3)16-9(12)2/h4-7,15H,1-3H3,(H2,14,18). The van der Waals surface area contributed by atoms with E-state index in [2.05, 4.69) is 10.4 Å². The lowest BCUT2D eigenvalue weighted by atomic mass is 10.1. The molecule has 5 heteroatoms. The summed E-state index contributed by atoms with van der Waals surface area (Å²) in [5, 5.41) is 7.62. The molecule has 0 aliphatic heterocycles. The molecule has 0 radical (unpaired) electrons. The van der Waals surface area contributed by atoms with Gasteiger partial charge in [-0.05, 0) is 37.6 Å². The number of nitrogens with two attached hydrogens (primary N) is 1. The second kappa shape index (κ2) is 4.78. The molecule has 0 aliphatic carbocycles. The average molecular weight is 260 g/mol. The Labute approximate surface area is 112 Å². The molecule has 3 N–H and O–H groups in total. The van der Waals surface area contributed by atoms with Gasteiger partial charge in [-0.2, -0.15) is 5.10 Å². The number of hydrogen-bond donors (Lipinski definition) is 2. The predicted molar refractivity (Wildman–Crippen MR) is 78.3 cm³/mol. The van der Waals surface area contributed by atoms with E-state index in [0.717, 1.165) is 28.2 Å². The number of anilines is 2. The third-order valence-electron chi connectivity index (χ3n) is 2.78. The number of nitrogens with zero attached hydrogens (tertiary/aromatic N) is 2. The van der Waals surface area contributed by atoms with Crippen LogP contribution in [0, 0.1) is 13.8 Å². The Kier molecular flexibility index (Phi) is 3.34. The second-order valence-corrected chi connectivity index (χ2v) is 4.76. The summed E-state index contributed by atoms with van der Waals surface area (Å²) in [5.41, 5.74) is 10.6. The molecule has 0 spiro atoms. The minimum absolute atomic E-state index is 0.427. The summed E-state index contributed by atoms with van der Waals surface area (Å²) in [6.45, 7) is 3.97. The molecule has 2 aromatic rings. The average Bonchev–Trinajstić information content (AvgIpc) is 2.57. The zero-order valence-corrected chi connectivity index (χ0v) is 11.5. The number of rotatable bonds is 3. The topological polar surface area (TPSA) is 55.9 Å². The van der Waals surface area contributed by atoms with Crippen molar-refractivity contribution in [2.45, 2.75) is 13.8 Å². The Morgan fingerprint density at radius 2 is 2.11 bits per heavy atom. The molecule has 2 rings (SSSR count). The summed E-state index contributed by atoms with van der Waals surface area (Å²) in [5.74, 6) is 0. The van der Waals surface area contributed by atoms with E-state index in [4.69, 9.17) is 18.0 Å². The molecule has 0 fully saturated rings. The molecule has 0 amide bonds. The first-order valence-corrected chi connectivity index (χ1v) is 6.06. The molecule has 1 heterocycles. The minimum Gasteiger partial charge on any atom is -0.389 e. The van der Waals surface area contributed by atoms with Crippen molar-refractivity contribution in [1.82, 2.24) is 9.78 Å². The van der Waals surface area contributed by atoms with Crippen LogP contribution in [0.2, 0.25) is 0 Å². The summed E-state index contributed by atoms with van der Waals surface area (Å²) >= 11 is 4.99. The third kappa shape index (κ3) is 2.51. The van der Waals surface area contributed by atoms with E-state index in [9.17, 15) is 0 Å². The molecule has 4 nitrogen and oxygen atoms in total. The fraction of sp³-hybridized carbons (Fsp3) is 0.231. The Balaban J connectivity index is 2.28. The first-order chi connectivity index (χ1) is 8.47. The van der Waals surface area contributed by atoms with Crippen LogP contribution < -0.4 is 11.1 Å². The fourth-order valence-electron chi connectivity index (χ4n) is 1.90. The Hall–Kier alpha value is -1.88. The van der Waals surface area contributed by atoms with Crippen molar-refractivity contribution >= 4 is 28.6 Å². The van der Waals surface area contributed by atoms with Crippen molar-refractivity contribution in [3.63, 3.8) is 0 Å². The van der Waals surface area contributed by atoms with Crippen LogP contribution in [0.15, 0.2) is 24.4 Å². The van der Waals surface area contributed by atoms with Crippen LogP contribution in [-0.2, 0) is 7.05 Å². The van der Waals surface area contributed by atoms with Gasteiger partial charge in [-0.25, -0.2) is 0 Å². The molecule has 94 valence electrons. The van der Waals surface area contributed by atoms with Gasteiger partial charge in [0.1, 0.15) is 4.99 Å². The fourth-order valence-corrected chi connectivity index (χ4v) is 2.12. The maximum Gasteiger partial charge on any atom is 0.104 e. The lowest BCUT2D eigenvalue weighted by molar-refractivity contribution is 0.756. The van der Waals surface area contributed by atoms with Crippen LogP contribution in [0.3, 0.4) is 0 Å². The highest BCUT2D eigenvalue weighted by atomic mass is 32.1. The quantitative estimate of drug-likeness (QED) is 0.832. The molecule has 0 saturated heterocycles. The number of aryl methyl sites for hydroxylation is 3. The summed E-state index contributed by atoms with van der Waals surface area (Å²) < 4.78 is 1.79. The van der Waals surface area contributed by atoms with Crippen LogP contribution in [-0.4, -0.2) is 14.8 Å². The summed E-state index contributed by atoms with van der Waals surface area (Å²) in [6, 6.07) is 5.93. The van der Waals surface area contributed by atoms with Gasteiger partial charge >= 0.3 is 0 Å². The highest BCUT2D eigenvalue weighted by Gasteiger charge is 2.06. The molecule has 0 saturated carbocycles. The SMILES string of the molecule is Cc1cc(Nc2cn(C)nc2C)ccc1C(N)=S. The van der Waals surface area contributed by atoms with Crippen LogP contribution in [0.25, 0.3) is 0 Å². The summed E-state index contributed by atoms with van der Waals surface area (Å²) in [4.78, 5) is 0.427. The Morgan fingerprint density at radius 3 is 2.61 bits per heavy atom. The number of nitrogens with one attached hydrogen (secondary N) is 1. The minimum atomic E-state index is 0.427. The van der Waals surface area contributed by atoms with E-state index in [1.165, 1.54) is 0 Å². The smallest absolute Gasteiger partial charge is 0.104 e. The van der Waals surface area contributed by atoms with E-state index in [1.54, 1.807) is 4.68 Å². The maximum atomic E-state index is 5.64. The van der Waals surface area contributed by atoms with Crippen molar-refractivity contribution in [2.75, 3.05) is 5.32 Å². The summed E-state index contributed by atoms with van der Waals surface area (Å²) in [6.07, 6.45) is 1.95. The maximum absolute atomic E-state index is 5.64. The molecule has 0 aliphatic rings. The molecule has 18 heavy (non-hydrogen) atoms. The van der Waals surface area contributed by atoms with E-state index >= 15 is 0 Å². The van der Waals surface area contributed by atoms with Gasteiger partial charge in [-0.3, -0.25) is 4.68 Å². The van der Waals surface area contributed by atoms with E-state index in [0.29, 0.717) is 4.99 Å². The lowest BCUT2D eigenvalue weighted by Gasteiger charge is -2.09. The van der Waals surface area contributed by atoms with Gasteiger partial charge in [-0.15, -0.1) is 0 Å². The highest BCUT2D eigenvalue weighted by Crippen LogP contribution is 2.21. The van der Waals surface area contributed by atoms with E-state index < -0.39 is 0 Å². The molecule has 0 unspecified atom stereocenters. The summed E-state index contributed by atoms with van der Waals surface area (Å²) in [7, 11) is 1.90. The number of aromatic nitrogens is 2. The first-order valence-electron chi connectivity index (χ1n) is 5.65. The molecule has 0 bridgehead atoms. The van der Waals surface area contributed by atoms with Gasteiger partial charge in [0.05, 0.1) is 11.4 Å². The third-order valence-corrected chi connectivity index (χ3v) is 3.00. The van der Waals surface area contributed by atoms with Gasteiger partial charge < -0.3 is 11.1 Å². The van der Waals surface area contributed by atoms with Crippen molar-refractivity contribution < 1.29 is 0 Å². The zero-order valence-electron chi connectivity index (χ0n) is 10.7. The Bertz CT molecular complexity index is 601. The molecule has 1 aromatic carbocycles. The molecule has 0 atom stereocenters. The second-order valence-electron chi connectivity index (χ2n) is 4.32. The van der Waals surface area contributed by atoms with E-state index in [1.807, 2.05) is 45.3 Å². The van der Waals surface area contributed by atoms with Crippen molar-refractivity contribution in [3.05, 3.63) is 41.2 Å². The highest BCUT2D eigenvalue weighted by molar-refractivity contribution is 7.80. The van der Waals surface area contributed by atoms with Gasteiger partial charge in [0, 0.05) is 24.5 Å². The van der Waals surface area contributed by atoms with Gasteiger partial charge in [0.25, 0.3) is 0 Å². The largest absolute Gasteiger partial charge is 0.389 e. The molecular formula is C13H16N4S. The van der Waals surface area contributed by atoms with E-state index in [-0.39, 0.29) is 0 Å². The number of benzene rings is 1. The first kappa shape index (κ1) is 12.6. The van der Waals surface area contributed by atoms with Crippen LogP contribution in [0.4, 0.5) is 11.4 Å². The van der Waals surface area contributed by atoms with Crippen LogP contribution in [0.1, 0.15) is 16.8 Å². The molecular weight excluding hydrogens is 244 g/mol. The number of thiocarbonyl (C=S) groups is 1. The van der Waals surface area contributed by atoms with Gasteiger partial charge in [-0.1, -0.05) is 12.2 Å². The van der Waals surface area contributed by atoms with Crippen LogP contribution in [0.5, 0.6) is 0 Å². The lowest BCUT2D eigenvalue weighted by Crippen LogP contribution is -2.11. The van der Waals surface area contributed by atoms with Crippen molar-refractivity contribution in [2.24, 2.45) is 12.8 Å². The van der Waals surface area contributed by atoms with Crippen molar-refractivity contribution in [1.29, 1.82) is 0 Å². The Morgan fingerprint density at radius 1 is 1.39 bits per heavy atom.